The minimum absolute atomic E-state index is 0.0610. The van der Waals surface area contributed by atoms with Crippen LogP contribution >= 0.6 is 0 Å². The molecule has 1 aliphatic carbocycles. The minimum Gasteiger partial charge on any atom is -0.392 e. The number of hydrogen-bond donors (Lipinski definition) is 2. The quantitative estimate of drug-likeness (QED) is 0.845. The molecule has 23 heavy (non-hydrogen) atoms. The van der Waals surface area contributed by atoms with Gasteiger partial charge in [0.25, 0.3) is 0 Å². The van der Waals surface area contributed by atoms with Gasteiger partial charge in [-0.2, -0.15) is 0 Å². The van der Waals surface area contributed by atoms with Crippen LogP contribution in [0, 0.1) is 11.6 Å². The zero-order valence-corrected chi connectivity index (χ0v) is 13.4. The maximum atomic E-state index is 13.6. The van der Waals surface area contributed by atoms with E-state index in [1.54, 1.807) is 6.92 Å². The molecule has 0 aromatic heterocycles. The number of hydrogen-bond acceptors (Lipinski definition) is 3. The van der Waals surface area contributed by atoms with Crippen molar-refractivity contribution in [3.63, 3.8) is 0 Å². The molecule has 2 rings (SSSR count). The van der Waals surface area contributed by atoms with Gasteiger partial charge in [0.05, 0.1) is 18.3 Å². The molecule has 1 unspecified atom stereocenters. The van der Waals surface area contributed by atoms with E-state index in [0.717, 1.165) is 43.9 Å². The molecule has 128 valence electrons. The largest absolute Gasteiger partial charge is 0.392 e. The van der Waals surface area contributed by atoms with Crippen LogP contribution in [-0.2, 0) is 4.79 Å². The monoisotopic (exact) mass is 326 g/mol. The molecule has 0 aliphatic heterocycles. The predicted molar refractivity (Wildman–Crippen MR) is 85.1 cm³/mol. The van der Waals surface area contributed by atoms with Crippen molar-refractivity contribution in [2.75, 3.05) is 18.4 Å². The first-order valence-electron chi connectivity index (χ1n) is 8.12. The molecule has 0 bridgehead atoms. The summed E-state index contributed by atoms with van der Waals surface area (Å²) in [7, 11) is 0. The summed E-state index contributed by atoms with van der Waals surface area (Å²) in [5.74, 6) is -1.67. The van der Waals surface area contributed by atoms with Crippen molar-refractivity contribution in [1.29, 1.82) is 0 Å². The van der Waals surface area contributed by atoms with E-state index in [1.165, 1.54) is 6.42 Å². The van der Waals surface area contributed by atoms with Crippen LogP contribution in [0.1, 0.15) is 39.0 Å². The number of benzene rings is 1. The van der Waals surface area contributed by atoms with Crippen molar-refractivity contribution in [1.82, 2.24) is 4.90 Å². The molecule has 1 saturated carbocycles. The molecular formula is C17H24F2N2O2. The Bertz CT molecular complexity index is 531. The van der Waals surface area contributed by atoms with Gasteiger partial charge >= 0.3 is 0 Å². The van der Waals surface area contributed by atoms with Crippen molar-refractivity contribution in [2.45, 2.75) is 51.2 Å². The highest BCUT2D eigenvalue weighted by atomic mass is 19.1. The third kappa shape index (κ3) is 5.55. The number of halogens is 2. The minimum atomic E-state index is -0.667. The number of rotatable bonds is 6. The van der Waals surface area contributed by atoms with Crippen LogP contribution < -0.4 is 5.32 Å². The lowest BCUT2D eigenvalue weighted by Gasteiger charge is -2.34. The van der Waals surface area contributed by atoms with E-state index in [-0.39, 0.29) is 18.3 Å². The van der Waals surface area contributed by atoms with Crippen molar-refractivity contribution in [3.05, 3.63) is 29.8 Å². The fourth-order valence-electron chi connectivity index (χ4n) is 3.10. The Morgan fingerprint density at radius 2 is 2.04 bits per heavy atom. The third-order valence-electron chi connectivity index (χ3n) is 4.14. The Balaban J connectivity index is 2.00. The first-order valence-corrected chi connectivity index (χ1v) is 8.12. The first-order chi connectivity index (χ1) is 11.0. The van der Waals surface area contributed by atoms with Gasteiger partial charge in [-0.1, -0.05) is 19.3 Å². The molecule has 1 amide bonds. The van der Waals surface area contributed by atoms with Crippen LogP contribution in [-0.4, -0.2) is 41.1 Å². The maximum absolute atomic E-state index is 13.6. The summed E-state index contributed by atoms with van der Waals surface area (Å²) in [5.41, 5.74) is -0.157. The number of nitrogens with zero attached hydrogens (tertiary/aromatic N) is 1. The summed E-state index contributed by atoms with van der Waals surface area (Å²) in [6.45, 7) is 2.13. The van der Waals surface area contributed by atoms with E-state index in [2.05, 4.69) is 5.32 Å². The summed E-state index contributed by atoms with van der Waals surface area (Å²) in [5, 5.41) is 12.1. The highest BCUT2D eigenvalue weighted by molar-refractivity contribution is 5.92. The summed E-state index contributed by atoms with van der Waals surface area (Å²) in [4.78, 5) is 14.1. The van der Waals surface area contributed by atoms with Gasteiger partial charge in [0.15, 0.2) is 0 Å². The molecular weight excluding hydrogens is 302 g/mol. The van der Waals surface area contributed by atoms with Gasteiger partial charge < -0.3 is 10.4 Å². The second-order valence-corrected chi connectivity index (χ2v) is 6.24. The van der Waals surface area contributed by atoms with Crippen molar-refractivity contribution in [3.8, 4) is 0 Å². The Morgan fingerprint density at radius 1 is 1.35 bits per heavy atom. The number of anilines is 1. The highest BCUT2D eigenvalue weighted by Gasteiger charge is 2.24. The summed E-state index contributed by atoms with van der Waals surface area (Å²) in [6.07, 6.45) is 4.86. The standard InChI is InChI=1S/C17H24F2N2O2/c1-12(22)10-21(14-5-3-2-4-6-14)11-17(23)20-16-9-13(18)7-8-15(16)19/h7-9,12,14,22H,2-6,10-11H2,1H3,(H,20,23). The normalized spacial score (nSPS) is 17.3. The SMILES string of the molecule is CC(O)CN(CC(=O)Nc1cc(F)ccc1F)C1CCCCC1. The number of aliphatic hydroxyl groups excluding tert-OH is 1. The van der Waals surface area contributed by atoms with E-state index in [0.29, 0.717) is 6.54 Å². The Morgan fingerprint density at radius 3 is 2.70 bits per heavy atom. The zero-order valence-electron chi connectivity index (χ0n) is 13.4. The second kappa shape index (κ2) is 8.36. The van der Waals surface area contributed by atoms with Crippen molar-refractivity contribution in [2.24, 2.45) is 0 Å². The van der Waals surface area contributed by atoms with Gasteiger partial charge in [-0.3, -0.25) is 9.69 Å². The van der Waals surface area contributed by atoms with Crippen LogP contribution in [0.15, 0.2) is 18.2 Å². The van der Waals surface area contributed by atoms with Crippen LogP contribution in [0.2, 0.25) is 0 Å². The molecule has 0 radical (unpaired) electrons. The van der Waals surface area contributed by atoms with E-state index < -0.39 is 23.6 Å². The molecule has 1 aromatic carbocycles. The summed E-state index contributed by atoms with van der Waals surface area (Å²) in [6, 6.07) is 3.21. The Kier molecular flexibility index (Phi) is 6.47. The van der Waals surface area contributed by atoms with Crippen molar-refractivity contribution >= 4 is 11.6 Å². The van der Waals surface area contributed by atoms with E-state index in [9.17, 15) is 18.7 Å². The molecule has 0 spiro atoms. The van der Waals surface area contributed by atoms with Crippen LogP contribution in [0.25, 0.3) is 0 Å². The van der Waals surface area contributed by atoms with Gasteiger partial charge in [0.1, 0.15) is 11.6 Å². The molecule has 2 N–H and O–H groups in total. The molecule has 0 saturated heterocycles. The number of aliphatic hydroxyl groups is 1. The molecule has 1 aliphatic rings. The van der Waals surface area contributed by atoms with E-state index in [1.807, 2.05) is 4.90 Å². The fourth-order valence-corrected chi connectivity index (χ4v) is 3.10. The number of carbonyl (C=O) groups excluding carboxylic acids is 1. The fraction of sp³-hybridized carbons (Fsp3) is 0.588. The first kappa shape index (κ1) is 17.8. The van der Waals surface area contributed by atoms with Crippen molar-refractivity contribution < 1.29 is 18.7 Å². The smallest absolute Gasteiger partial charge is 0.238 e. The van der Waals surface area contributed by atoms with E-state index in [4.69, 9.17) is 0 Å². The molecule has 4 nitrogen and oxygen atoms in total. The Hall–Kier alpha value is -1.53. The van der Waals surface area contributed by atoms with Gasteiger partial charge in [0.2, 0.25) is 5.91 Å². The predicted octanol–water partition coefficient (Wildman–Crippen LogP) is 2.92. The maximum Gasteiger partial charge on any atom is 0.238 e. The van der Waals surface area contributed by atoms with Gasteiger partial charge in [0, 0.05) is 18.7 Å². The van der Waals surface area contributed by atoms with Gasteiger partial charge in [-0.25, -0.2) is 8.78 Å². The molecule has 1 fully saturated rings. The molecule has 0 heterocycles. The lowest BCUT2D eigenvalue weighted by molar-refractivity contribution is -0.118. The second-order valence-electron chi connectivity index (χ2n) is 6.24. The number of amides is 1. The molecule has 1 aromatic rings. The zero-order chi connectivity index (χ0) is 16.8. The number of carbonyl (C=O) groups is 1. The summed E-state index contributed by atoms with van der Waals surface area (Å²) >= 11 is 0. The van der Waals surface area contributed by atoms with Crippen LogP contribution in [0.3, 0.4) is 0 Å². The van der Waals surface area contributed by atoms with Crippen LogP contribution in [0.4, 0.5) is 14.5 Å². The topological polar surface area (TPSA) is 52.6 Å². The third-order valence-corrected chi connectivity index (χ3v) is 4.14. The lowest BCUT2D eigenvalue weighted by atomic mass is 9.94. The highest BCUT2D eigenvalue weighted by Crippen LogP contribution is 2.23. The lowest BCUT2D eigenvalue weighted by Crippen LogP contribution is -2.45. The number of nitrogens with one attached hydrogen (secondary N) is 1. The molecule has 1 atom stereocenters. The average Bonchev–Trinajstić information content (AvgIpc) is 2.51. The molecule has 6 heteroatoms. The van der Waals surface area contributed by atoms with E-state index >= 15 is 0 Å². The Labute approximate surface area is 135 Å². The summed E-state index contributed by atoms with van der Waals surface area (Å²) < 4.78 is 26.8. The van der Waals surface area contributed by atoms with Crippen LogP contribution in [0.5, 0.6) is 0 Å². The van der Waals surface area contributed by atoms with Gasteiger partial charge in [-0.05, 0) is 31.9 Å². The van der Waals surface area contributed by atoms with Gasteiger partial charge in [-0.15, -0.1) is 0 Å². The average molecular weight is 326 g/mol.